The normalized spacial score (nSPS) is 13.2. The standard InChI is InChI=1S/C12H15ClN2OS/c1-8(2)15-6-5-9(14-15)7-10(16)11-3-4-12(13)17-11/h3-6,8,10,16H,7H2,1-2H3. The lowest BCUT2D eigenvalue weighted by Gasteiger charge is -2.07. The fourth-order valence-corrected chi connectivity index (χ4v) is 2.63. The van der Waals surface area contributed by atoms with E-state index in [2.05, 4.69) is 18.9 Å². The van der Waals surface area contributed by atoms with Crippen LogP contribution in [0.25, 0.3) is 0 Å². The SMILES string of the molecule is CC(C)n1ccc(CC(O)c2ccc(Cl)s2)n1. The first-order chi connectivity index (χ1) is 8.06. The molecule has 0 aromatic carbocycles. The maximum absolute atomic E-state index is 10.0. The van der Waals surface area contributed by atoms with Crippen LogP contribution in [0.3, 0.4) is 0 Å². The number of rotatable bonds is 4. The van der Waals surface area contributed by atoms with Gasteiger partial charge in [0.05, 0.1) is 16.1 Å². The van der Waals surface area contributed by atoms with Crippen LogP contribution in [0.4, 0.5) is 0 Å². The second-order valence-corrected chi connectivity index (χ2v) is 5.99. The Balaban J connectivity index is 2.05. The average molecular weight is 271 g/mol. The van der Waals surface area contributed by atoms with E-state index < -0.39 is 6.10 Å². The molecule has 0 aliphatic heterocycles. The van der Waals surface area contributed by atoms with Crippen LogP contribution in [0.1, 0.15) is 36.6 Å². The smallest absolute Gasteiger partial charge is 0.0938 e. The van der Waals surface area contributed by atoms with E-state index in [1.165, 1.54) is 11.3 Å². The molecule has 5 heteroatoms. The predicted octanol–water partition coefficient (Wildman–Crippen LogP) is 3.46. The summed E-state index contributed by atoms with van der Waals surface area (Å²) >= 11 is 7.25. The van der Waals surface area contributed by atoms with Crippen molar-refractivity contribution in [2.45, 2.75) is 32.4 Å². The summed E-state index contributed by atoms with van der Waals surface area (Å²) in [6.45, 7) is 4.15. The van der Waals surface area contributed by atoms with Crippen molar-refractivity contribution < 1.29 is 5.11 Å². The van der Waals surface area contributed by atoms with E-state index in [-0.39, 0.29) is 0 Å². The van der Waals surface area contributed by atoms with Crippen molar-refractivity contribution in [2.75, 3.05) is 0 Å². The van der Waals surface area contributed by atoms with Gasteiger partial charge in [0.25, 0.3) is 0 Å². The second kappa shape index (κ2) is 5.21. The Kier molecular flexibility index (Phi) is 3.86. The van der Waals surface area contributed by atoms with Gasteiger partial charge in [-0.1, -0.05) is 11.6 Å². The highest BCUT2D eigenvalue weighted by Crippen LogP contribution is 2.28. The number of nitrogens with zero attached hydrogens (tertiary/aromatic N) is 2. The summed E-state index contributed by atoms with van der Waals surface area (Å²) in [5.41, 5.74) is 0.899. The molecule has 0 amide bonds. The monoisotopic (exact) mass is 270 g/mol. The van der Waals surface area contributed by atoms with Crippen LogP contribution in [0.15, 0.2) is 24.4 Å². The molecule has 0 spiro atoms. The predicted molar refractivity (Wildman–Crippen MR) is 70.6 cm³/mol. The Hall–Kier alpha value is -0.840. The largest absolute Gasteiger partial charge is 0.387 e. The molecule has 3 nitrogen and oxygen atoms in total. The number of halogens is 1. The molecule has 2 rings (SSSR count). The molecular weight excluding hydrogens is 256 g/mol. The molecule has 0 aliphatic rings. The minimum atomic E-state index is -0.525. The lowest BCUT2D eigenvalue weighted by atomic mass is 10.2. The Bertz CT molecular complexity index is 492. The summed E-state index contributed by atoms with van der Waals surface area (Å²) in [6.07, 6.45) is 1.94. The van der Waals surface area contributed by atoms with Gasteiger partial charge in [-0.3, -0.25) is 4.68 Å². The molecule has 17 heavy (non-hydrogen) atoms. The van der Waals surface area contributed by atoms with Gasteiger partial charge in [0.15, 0.2) is 0 Å². The molecule has 0 radical (unpaired) electrons. The van der Waals surface area contributed by atoms with Gasteiger partial charge in [0, 0.05) is 23.5 Å². The van der Waals surface area contributed by atoms with E-state index >= 15 is 0 Å². The van der Waals surface area contributed by atoms with Crippen molar-refractivity contribution >= 4 is 22.9 Å². The quantitative estimate of drug-likeness (QED) is 0.924. The van der Waals surface area contributed by atoms with Gasteiger partial charge >= 0.3 is 0 Å². The van der Waals surface area contributed by atoms with E-state index in [9.17, 15) is 5.11 Å². The Morgan fingerprint density at radius 1 is 1.41 bits per heavy atom. The first-order valence-corrected chi connectivity index (χ1v) is 6.73. The number of aromatic nitrogens is 2. The lowest BCUT2D eigenvalue weighted by molar-refractivity contribution is 0.180. The number of aliphatic hydroxyl groups is 1. The molecule has 1 N–H and O–H groups in total. The molecule has 1 unspecified atom stereocenters. The van der Waals surface area contributed by atoms with Crippen LogP contribution in [0, 0.1) is 0 Å². The van der Waals surface area contributed by atoms with Gasteiger partial charge in [0.2, 0.25) is 0 Å². The first kappa shape index (κ1) is 12.6. The van der Waals surface area contributed by atoms with Crippen molar-refractivity contribution in [2.24, 2.45) is 0 Å². The van der Waals surface area contributed by atoms with E-state index in [1.54, 1.807) is 6.07 Å². The van der Waals surface area contributed by atoms with Gasteiger partial charge in [-0.15, -0.1) is 11.3 Å². The van der Waals surface area contributed by atoms with Crippen LogP contribution in [-0.4, -0.2) is 14.9 Å². The number of hydrogen-bond donors (Lipinski definition) is 1. The Labute approximate surface area is 110 Å². The maximum atomic E-state index is 10.0. The zero-order valence-electron chi connectivity index (χ0n) is 9.80. The first-order valence-electron chi connectivity index (χ1n) is 5.53. The zero-order chi connectivity index (χ0) is 12.4. The highest BCUT2D eigenvalue weighted by molar-refractivity contribution is 7.16. The second-order valence-electron chi connectivity index (χ2n) is 4.24. The third-order valence-corrected chi connectivity index (χ3v) is 3.85. The van der Waals surface area contributed by atoms with Gasteiger partial charge < -0.3 is 5.11 Å². The third-order valence-electron chi connectivity index (χ3n) is 2.52. The van der Waals surface area contributed by atoms with Gasteiger partial charge in [-0.25, -0.2) is 0 Å². The van der Waals surface area contributed by atoms with Crippen LogP contribution in [0.2, 0.25) is 4.34 Å². The Morgan fingerprint density at radius 2 is 2.18 bits per heavy atom. The Morgan fingerprint density at radius 3 is 2.71 bits per heavy atom. The topological polar surface area (TPSA) is 38.0 Å². The number of aliphatic hydroxyl groups excluding tert-OH is 1. The van der Waals surface area contributed by atoms with Gasteiger partial charge in [-0.2, -0.15) is 5.10 Å². The van der Waals surface area contributed by atoms with Crippen molar-refractivity contribution in [3.63, 3.8) is 0 Å². The van der Waals surface area contributed by atoms with Crippen molar-refractivity contribution in [3.05, 3.63) is 39.3 Å². The van der Waals surface area contributed by atoms with Gasteiger partial charge in [0.1, 0.15) is 0 Å². The molecule has 92 valence electrons. The molecule has 0 fully saturated rings. The van der Waals surface area contributed by atoms with E-state index in [0.29, 0.717) is 16.8 Å². The molecule has 1 atom stereocenters. The fraction of sp³-hybridized carbons (Fsp3) is 0.417. The minimum absolute atomic E-state index is 0.345. The molecule has 0 aliphatic carbocycles. The molecular formula is C12H15ClN2OS. The molecule has 0 bridgehead atoms. The average Bonchev–Trinajstić information content (AvgIpc) is 2.86. The van der Waals surface area contributed by atoms with E-state index in [4.69, 9.17) is 11.6 Å². The summed E-state index contributed by atoms with van der Waals surface area (Å²) in [5, 5.41) is 14.4. The van der Waals surface area contributed by atoms with E-state index in [1.807, 2.05) is 23.0 Å². The summed E-state index contributed by atoms with van der Waals surface area (Å²) in [7, 11) is 0. The maximum Gasteiger partial charge on any atom is 0.0938 e. The summed E-state index contributed by atoms with van der Waals surface area (Å²) < 4.78 is 2.59. The van der Waals surface area contributed by atoms with Gasteiger partial charge in [-0.05, 0) is 32.0 Å². The molecule has 2 aromatic rings. The molecule has 2 heterocycles. The van der Waals surface area contributed by atoms with Crippen molar-refractivity contribution in [1.82, 2.24) is 9.78 Å². The molecule has 0 saturated carbocycles. The summed E-state index contributed by atoms with van der Waals surface area (Å²) in [6, 6.07) is 5.95. The van der Waals surface area contributed by atoms with Crippen molar-refractivity contribution in [3.8, 4) is 0 Å². The number of thiophene rings is 1. The number of hydrogen-bond acceptors (Lipinski definition) is 3. The van der Waals surface area contributed by atoms with Crippen LogP contribution in [0.5, 0.6) is 0 Å². The lowest BCUT2D eigenvalue weighted by Crippen LogP contribution is -2.04. The van der Waals surface area contributed by atoms with Crippen LogP contribution in [-0.2, 0) is 6.42 Å². The molecule has 0 saturated heterocycles. The highest BCUT2D eigenvalue weighted by Gasteiger charge is 2.13. The zero-order valence-corrected chi connectivity index (χ0v) is 11.4. The minimum Gasteiger partial charge on any atom is -0.387 e. The van der Waals surface area contributed by atoms with Crippen molar-refractivity contribution in [1.29, 1.82) is 0 Å². The van der Waals surface area contributed by atoms with E-state index in [0.717, 1.165) is 10.6 Å². The summed E-state index contributed by atoms with van der Waals surface area (Å²) in [5.74, 6) is 0. The fourth-order valence-electron chi connectivity index (χ4n) is 1.58. The van der Waals surface area contributed by atoms with Crippen LogP contribution < -0.4 is 0 Å². The van der Waals surface area contributed by atoms with Crippen LogP contribution >= 0.6 is 22.9 Å². The summed E-state index contributed by atoms with van der Waals surface area (Å²) in [4.78, 5) is 0.883. The third kappa shape index (κ3) is 3.09. The highest BCUT2D eigenvalue weighted by atomic mass is 35.5. The molecule has 2 aromatic heterocycles.